The molecule has 2 N–H and O–H groups in total. The van der Waals surface area contributed by atoms with Gasteiger partial charge < -0.3 is 10.6 Å². The van der Waals surface area contributed by atoms with Crippen molar-refractivity contribution < 1.29 is 4.79 Å². The van der Waals surface area contributed by atoms with Crippen molar-refractivity contribution >= 4 is 5.91 Å². The second-order valence-corrected chi connectivity index (χ2v) is 5.48. The van der Waals surface area contributed by atoms with E-state index in [-0.39, 0.29) is 5.91 Å². The van der Waals surface area contributed by atoms with Gasteiger partial charge in [0, 0.05) is 19.0 Å². The lowest BCUT2D eigenvalue weighted by Gasteiger charge is -2.30. The first-order valence-electron chi connectivity index (χ1n) is 6.88. The minimum Gasteiger partial charge on any atom is -0.355 e. The molecule has 1 aromatic rings. The number of carbonyl (C=O) groups excluding carboxylic acids is 1. The molecular weight excluding hydrogens is 224 g/mol. The predicted octanol–water partition coefficient (Wildman–Crippen LogP) is 1.44. The number of hydrogen-bond acceptors (Lipinski definition) is 2. The Labute approximate surface area is 108 Å². The van der Waals surface area contributed by atoms with E-state index in [1.54, 1.807) is 0 Å². The summed E-state index contributed by atoms with van der Waals surface area (Å²) >= 11 is 0. The highest BCUT2D eigenvalue weighted by molar-refractivity contribution is 5.78. The molecule has 1 fully saturated rings. The van der Waals surface area contributed by atoms with Gasteiger partial charge in [0.15, 0.2) is 0 Å². The average Bonchev–Trinajstić information content (AvgIpc) is 3.16. The molecule has 1 amide bonds. The van der Waals surface area contributed by atoms with Gasteiger partial charge in [-0.25, -0.2) is 0 Å². The van der Waals surface area contributed by atoms with Gasteiger partial charge >= 0.3 is 0 Å². The first kappa shape index (κ1) is 11.7. The molecule has 96 valence electrons. The molecule has 0 radical (unpaired) electrons. The average molecular weight is 244 g/mol. The molecule has 3 heteroatoms. The van der Waals surface area contributed by atoms with Crippen LogP contribution in [0.2, 0.25) is 0 Å². The van der Waals surface area contributed by atoms with E-state index in [2.05, 4.69) is 34.9 Å². The third-order valence-corrected chi connectivity index (χ3v) is 3.92. The lowest BCUT2D eigenvalue weighted by molar-refractivity contribution is -0.120. The first-order valence-corrected chi connectivity index (χ1v) is 6.88. The van der Waals surface area contributed by atoms with Crippen molar-refractivity contribution in [2.24, 2.45) is 5.92 Å². The van der Waals surface area contributed by atoms with E-state index >= 15 is 0 Å². The zero-order valence-electron chi connectivity index (χ0n) is 10.6. The molecule has 1 aromatic carbocycles. The van der Waals surface area contributed by atoms with Crippen molar-refractivity contribution in [1.82, 2.24) is 10.6 Å². The van der Waals surface area contributed by atoms with Crippen LogP contribution in [0.15, 0.2) is 24.3 Å². The van der Waals surface area contributed by atoms with Crippen LogP contribution in [0, 0.1) is 5.92 Å². The smallest absolute Gasteiger partial charge is 0.233 e. The zero-order valence-corrected chi connectivity index (χ0v) is 10.6. The van der Waals surface area contributed by atoms with Crippen molar-refractivity contribution in [2.45, 2.75) is 25.2 Å². The van der Waals surface area contributed by atoms with E-state index in [4.69, 9.17) is 0 Å². The van der Waals surface area contributed by atoms with Crippen LogP contribution in [-0.4, -0.2) is 25.5 Å². The van der Waals surface area contributed by atoms with Crippen molar-refractivity contribution in [3.8, 4) is 0 Å². The van der Waals surface area contributed by atoms with Crippen LogP contribution < -0.4 is 10.6 Å². The fourth-order valence-electron chi connectivity index (χ4n) is 2.55. The third-order valence-electron chi connectivity index (χ3n) is 3.92. The molecule has 0 heterocycles. The fourth-order valence-corrected chi connectivity index (χ4v) is 2.55. The number of carbonyl (C=O) groups is 1. The molecule has 0 spiro atoms. The van der Waals surface area contributed by atoms with Crippen LogP contribution in [0.4, 0.5) is 0 Å². The monoisotopic (exact) mass is 244 g/mol. The van der Waals surface area contributed by atoms with Crippen LogP contribution >= 0.6 is 0 Å². The summed E-state index contributed by atoms with van der Waals surface area (Å²) in [4.78, 5) is 11.5. The number of rotatable bonds is 6. The normalized spacial score (nSPS) is 21.0. The topological polar surface area (TPSA) is 41.1 Å². The van der Waals surface area contributed by atoms with Crippen molar-refractivity contribution in [1.29, 1.82) is 0 Å². The molecule has 3 nitrogen and oxygen atoms in total. The van der Waals surface area contributed by atoms with E-state index in [1.165, 1.54) is 24.0 Å². The van der Waals surface area contributed by atoms with E-state index in [0.717, 1.165) is 25.4 Å². The van der Waals surface area contributed by atoms with E-state index in [0.29, 0.717) is 12.5 Å². The van der Waals surface area contributed by atoms with Gasteiger partial charge in [-0.1, -0.05) is 24.3 Å². The van der Waals surface area contributed by atoms with Crippen molar-refractivity contribution in [2.75, 3.05) is 19.6 Å². The van der Waals surface area contributed by atoms with Gasteiger partial charge in [0.05, 0.1) is 6.54 Å². The molecule has 1 atom stereocenters. The molecule has 0 bridgehead atoms. The Balaban J connectivity index is 1.34. The first-order chi connectivity index (χ1) is 8.83. The summed E-state index contributed by atoms with van der Waals surface area (Å²) in [7, 11) is 0. The number of amides is 1. The van der Waals surface area contributed by atoms with Gasteiger partial charge in [0.1, 0.15) is 0 Å². The molecule has 1 saturated carbocycles. The van der Waals surface area contributed by atoms with Gasteiger partial charge in [0.25, 0.3) is 0 Å². The SMILES string of the molecule is O=C(CNCC1Cc2ccccc21)NCC1CC1. The Kier molecular flexibility index (Phi) is 3.33. The molecular formula is C15H20N2O. The van der Waals surface area contributed by atoms with Crippen molar-refractivity contribution in [3.63, 3.8) is 0 Å². The molecule has 0 saturated heterocycles. The van der Waals surface area contributed by atoms with Gasteiger partial charge in [0.2, 0.25) is 5.91 Å². The Morgan fingerprint density at radius 1 is 1.22 bits per heavy atom. The van der Waals surface area contributed by atoms with Crippen LogP contribution in [0.25, 0.3) is 0 Å². The van der Waals surface area contributed by atoms with Gasteiger partial charge in [-0.3, -0.25) is 4.79 Å². The molecule has 18 heavy (non-hydrogen) atoms. The maximum absolute atomic E-state index is 11.5. The highest BCUT2D eigenvalue weighted by Gasteiger charge is 2.25. The van der Waals surface area contributed by atoms with E-state index < -0.39 is 0 Å². The highest BCUT2D eigenvalue weighted by atomic mass is 16.1. The molecule has 2 aliphatic carbocycles. The van der Waals surface area contributed by atoms with Crippen LogP contribution in [-0.2, 0) is 11.2 Å². The lowest BCUT2D eigenvalue weighted by atomic mass is 9.78. The molecule has 0 aromatic heterocycles. The molecule has 1 unspecified atom stereocenters. The Morgan fingerprint density at radius 2 is 2.06 bits per heavy atom. The largest absolute Gasteiger partial charge is 0.355 e. The maximum atomic E-state index is 11.5. The summed E-state index contributed by atoms with van der Waals surface area (Å²) in [6.45, 7) is 2.23. The lowest BCUT2D eigenvalue weighted by Crippen LogP contribution is -2.38. The number of fused-ring (bicyclic) bond motifs is 1. The highest BCUT2D eigenvalue weighted by Crippen LogP contribution is 2.33. The van der Waals surface area contributed by atoms with E-state index in [1.807, 2.05) is 0 Å². The minimum atomic E-state index is 0.134. The van der Waals surface area contributed by atoms with Crippen molar-refractivity contribution in [3.05, 3.63) is 35.4 Å². The van der Waals surface area contributed by atoms with Crippen LogP contribution in [0.1, 0.15) is 29.9 Å². The standard InChI is InChI=1S/C15H20N2O/c18-15(17-8-11-5-6-11)10-16-9-13-7-12-3-1-2-4-14(12)13/h1-4,11,13,16H,5-10H2,(H,17,18). The predicted molar refractivity (Wildman–Crippen MR) is 71.5 cm³/mol. The maximum Gasteiger partial charge on any atom is 0.233 e. The number of hydrogen-bond donors (Lipinski definition) is 2. The summed E-state index contributed by atoms with van der Waals surface area (Å²) in [5, 5.41) is 6.23. The number of nitrogens with one attached hydrogen (secondary N) is 2. The van der Waals surface area contributed by atoms with Gasteiger partial charge in [-0.2, -0.15) is 0 Å². The second-order valence-electron chi connectivity index (χ2n) is 5.48. The quantitative estimate of drug-likeness (QED) is 0.795. The molecule has 2 aliphatic rings. The molecule has 0 aliphatic heterocycles. The van der Waals surface area contributed by atoms with Gasteiger partial charge in [-0.15, -0.1) is 0 Å². The fraction of sp³-hybridized carbons (Fsp3) is 0.533. The Hall–Kier alpha value is -1.35. The zero-order chi connectivity index (χ0) is 12.4. The minimum absolute atomic E-state index is 0.134. The third kappa shape index (κ3) is 2.72. The number of benzene rings is 1. The summed E-state index contributed by atoms with van der Waals surface area (Å²) in [6, 6.07) is 8.56. The summed E-state index contributed by atoms with van der Waals surface area (Å²) < 4.78 is 0. The van der Waals surface area contributed by atoms with Crippen LogP contribution in [0.3, 0.4) is 0 Å². The van der Waals surface area contributed by atoms with Crippen LogP contribution in [0.5, 0.6) is 0 Å². The molecule has 3 rings (SSSR count). The Morgan fingerprint density at radius 3 is 2.83 bits per heavy atom. The summed E-state index contributed by atoms with van der Waals surface area (Å²) in [5.41, 5.74) is 2.91. The second kappa shape index (κ2) is 5.11. The van der Waals surface area contributed by atoms with E-state index in [9.17, 15) is 4.79 Å². The van der Waals surface area contributed by atoms with Gasteiger partial charge in [-0.05, 0) is 36.3 Å². The summed E-state index contributed by atoms with van der Waals surface area (Å²) in [6.07, 6.45) is 3.71. The summed E-state index contributed by atoms with van der Waals surface area (Å²) in [5.74, 6) is 1.49. The Bertz CT molecular complexity index is 440.